The van der Waals surface area contributed by atoms with Crippen LogP contribution in [0.3, 0.4) is 0 Å². The van der Waals surface area contributed by atoms with Gasteiger partial charge in [0.25, 0.3) is 0 Å². The molecule has 3 heteroatoms. The van der Waals surface area contributed by atoms with E-state index in [0.717, 1.165) is 11.2 Å². The van der Waals surface area contributed by atoms with Crippen LogP contribution in [0.5, 0.6) is 0 Å². The van der Waals surface area contributed by atoms with Crippen LogP contribution in [0.15, 0.2) is 29.2 Å². The zero-order valence-electron chi connectivity index (χ0n) is 12.5. The fourth-order valence-electron chi connectivity index (χ4n) is 3.45. The summed E-state index contributed by atoms with van der Waals surface area (Å²) in [6.07, 6.45) is 5.41. The van der Waals surface area contributed by atoms with Crippen molar-refractivity contribution in [2.24, 2.45) is 5.92 Å². The molecule has 1 aromatic carbocycles. The number of nitrogens with one attached hydrogen (secondary N) is 1. The molecule has 2 heterocycles. The minimum Gasteiger partial charge on any atom is -0.320 e. The highest BCUT2D eigenvalue weighted by Gasteiger charge is 2.26. The molecular formula is C17H26N2S. The zero-order valence-corrected chi connectivity index (χ0v) is 13.3. The first kappa shape index (κ1) is 14.4. The lowest BCUT2D eigenvalue weighted by Crippen LogP contribution is -2.38. The van der Waals surface area contributed by atoms with Crippen LogP contribution in [0.1, 0.15) is 24.8 Å². The quantitative estimate of drug-likeness (QED) is 0.897. The van der Waals surface area contributed by atoms with E-state index in [1.54, 1.807) is 5.56 Å². The summed E-state index contributed by atoms with van der Waals surface area (Å²) in [5.74, 6) is 0.951. The number of fused-ring (bicyclic) bond motifs is 1. The molecule has 0 saturated carbocycles. The van der Waals surface area contributed by atoms with Gasteiger partial charge >= 0.3 is 0 Å². The van der Waals surface area contributed by atoms with Gasteiger partial charge in [0, 0.05) is 16.7 Å². The molecule has 0 bridgehead atoms. The molecule has 110 valence electrons. The first-order valence-corrected chi connectivity index (χ1v) is 8.84. The van der Waals surface area contributed by atoms with Gasteiger partial charge in [-0.2, -0.15) is 0 Å². The summed E-state index contributed by atoms with van der Waals surface area (Å²) in [7, 11) is 2.06. The molecule has 1 atom stereocenters. The van der Waals surface area contributed by atoms with Gasteiger partial charge in [-0.3, -0.25) is 0 Å². The van der Waals surface area contributed by atoms with Crippen LogP contribution in [0.2, 0.25) is 0 Å². The lowest BCUT2D eigenvalue weighted by Gasteiger charge is -2.33. The first-order valence-electron chi connectivity index (χ1n) is 7.96. The number of likely N-dealkylation sites (tertiary alicyclic amines) is 1. The molecule has 0 aromatic heterocycles. The summed E-state index contributed by atoms with van der Waals surface area (Å²) in [5.41, 5.74) is 1.56. The van der Waals surface area contributed by atoms with Crippen molar-refractivity contribution in [1.82, 2.24) is 10.2 Å². The molecule has 2 aliphatic heterocycles. The third kappa shape index (κ3) is 3.57. The Morgan fingerprint density at radius 1 is 1.25 bits per heavy atom. The summed E-state index contributed by atoms with van der Waals surface area (Å²) in [5, 5.41) is 4.06. The van der Waals surface area contributed by atoms with Crippen molar-refractivity contribution in [3.63, 3.8) is 0 Å². The second-order valence-electron chi connectivity index (χ2n) is 6.19. The van der Waals surface area contributed by atoms with E-state index in [0.29, 0.717) is 0 Å². The molecule has 1 aromatic rings. The lowest BCUT2D eigenvalue weighted by atomic mass is 9.93. The van der Waals surface area contributed by atoms with E-state index in [1.165, 1.54) is 56.8 Å². The molecule has 20 heavy (non-hydrogen) atoms. The maximum atomic E-state index is 3.28. The third-order valence-corrected chi connectivity index (χ3v) is 5.99. The largest absolute Gasteiger partial charge is 0.320 e. The molecule has 3 rings (SSSR count). The van der Waals surface area contributed by atoms with Crippen molar-refractivity contribution < 1.29 is 0 Å². The predicted octanol–water partition coefficient (Wildman–Crippen LogP) is 3.02. The number of hydrogen-bond acceptors (Lipinski definition) is 3. The molecule has 0 aliphatic carbocycles. The number of hydrogen-bond donors (Lipinski definition) is 1. The van der Waals surface area contributed by atoms with Crippen molar-refractivity contribution in [2.45, 2.75) is 35.8 Å². The van der Waals surface area contributed by atoms with Crippen molar-refractivity contribution >= 4 is 11.8 Å². The maximum Gasteiger partial charge on any atom is 0.0263 e. The number of piperidine rings is 1. The molecule has 0 amide bonds. The van der Waals surface area contributed by atoms with Crippen LogP contribution in [-0.2, 0) is 6.42 Å². The Kier molecular flexibility index (Phi) is 5.03. The Bertz CT molecular complexity index is 402. The highest BCUT2D eigenvalue weighted by molar-refractivity contribution is 8.00. The van der Waals surface area contributed by atoms with Crippen molar-refractivity contribution in [3.8, 4) is 0 Å². The Balaban J connectivity index is 1.43. The van der Waals surface area contributed by atoms with Crippen molar-refractivity contribution in [2.75, 3.05) is 33.2 Å². The van der Waals surface area contributed by atoms with Crippen molar-refractivity contribution in [1.29, 1.82) is 0 Å². The zero-order chi connectivity index (χ0) is 13.8. The Labute approximate surface area is 127 Å². The van der Waals surface area contributed by atoms with Gasteiger partial charge in [-0.25, -0.2) is 0 Å². The summed E-state index contributed by atoms with van der Waals surface area (Å²) < 4.78 is 0. The monoisotopic (exact) mass is 290 g/mol. The molecule has 2 nitrogen and oxygen atoms in total. The predicted molar refractivity (Wildman–Crippen MR) is 87.5 cm³/mol. The normalized spacial score (nSPS) is 23.9. The highest BCUT2D eigenvalue weighted by Crippen LogP contribution is 2.37. The maximum absolute atomic E-state index is 3.28. The summed E-state index contributed by atoms with van der Waals surface area (Å²) in [6.45, 7) is 5.07. The van der Waals surface area contributed by atoms with E-state index in [-0.39, 0.29) is 0 Å². The van der Waals surface area contributed by atoms with Crippen LogP contribution in [0.4, 0.5) is 0 Å². The number of thioether (sulfide) groups is 1. The Morgan fingerprint density at radius 2 is 2.05 bits per heavy atom. The fraction of sp³-hybridized carbons (Fsp3) is 0.647. The van der Waals surface area contributed by atoms with Gasteiger partial charge in [-0.1, -0.05) is 18.2 Å². The highest BCUT2D eigenvalue weighted by atomic mass is 32.2. The summed E-state index contributed by atoms with van der Waals surface area (Å²) in [6, 6.07) is 8.92. The van der Waals surface area contributed by atoms with Gasteiger partial charge < -0.3 is 10.2 Å². The van der Waals surface area contributed by atoms with Crippen LogP contribution < -0.4 is 5.32 Å². The number of benzene rings is 1. The SMILES string of the molecule is CNCCC1CCN(CC2Cc3ccccc3S2)CC1. The van der Waals surface area contributed by atoms with Gasteiger partial charge in [0.1, 0.15) is 0 Å². The van der Waals surface area contributed by atoms with E-state index in [1.807, 2.05) is 0 Å². The van der Waals surface area contributed by atoms with E-state index in [2.05, 4.69) is 53.3 Å². The van der Waals surface area contributed by atoms with E-state index < -0.39 is 0 Å². The van der Waals surface area contributed by atoms with Gasteiger partial charge in [-0.15, -0.1) is 11.8 Å². The van der Waals surface area contributed by atoms with Gasteiger partial charge in [0.2, 0.25) is 0 Å². The van der Waals surface area contributed by atoms with Gasteiger partial charge in [0.05, 0.1) is 0 Å². The molecular weight excluding hydrogens is 264 g/mol. The first-order chi connectivity index (χ1) is 9.85. The average molecular weight is 290 g/mol. The smallest absolute Gasteiger partial charge is 0.0263 e. The summed E-state index contributed by atoms with van der Waals surface area (Å²) in [4.78, 5) is 4.21. The molecule has 1 N–H and O–H groups in total. The van der Waals surface area contributed by atoms with E-state index >= 15 is 0 Å². The van der Waals surface area contributed by atoms with E-state index in [9.17, 15) is 0 Å². The molecule has 1 saturated heterocycles. The summed E-state index contributed by atoms with van der Waals surface area (Å²) >= 11 is 2.09. The van der Waals surface area contributed by atoms with Crippen LogP contribution >= 0.6 is 11.8 Å². The van der Waals surface area contributed by atoms with Crippen LogP contribution in [0, 0.1) is 5.92 Å². The molecule has 0 radical (unpaired) electrons. The average Bonchev–Trinajstić information content (AvgIpc) is 2.89. The minimum absolute atomic E-state index is 0.779. The van der Waals surface area contributed by atoms with Crippen LogP contribution in [0.25, 0.3) is 0 Å². The van der Waals surface area contributed by atoms with Gasteiger partial charge in [-0.05, 0) is 69.9 Å². The number of rotatable bonds is 5. The van der Waals surface area contributed by atoms with Gasteiger partial charge in [0.15, 0.2) is 0 Å². The Morgan fingerprint density at radius 3 is 2.80 bits per heavy atom. The fourth-order valence-corrected chi connectivity index (χ4v) is 4.82. The lowest BCUT2D eigenvalue weighted by molar-refractivity contribution is 0.180. The topological polar surface area (TPSA) is 15.3 Å². The molecule has 0 spiro atoms. The van der Waals surface area contributed by atoms with Crippen LogP contribution in [-0.4, -0.2) is 43.4 Å². The second kappa shape index (κ2) is 6.97. The van der Waals surface area contributed by atoms with Crippen molar-refractivity contribution in [3.05, 3.63) is 29.8 Å². The molecule has 2 aliphatic rings. The number of nitrogens with zero attached hydrogens (tertiary/aromatic N) is 1. The third-order valence-electron chi connectivity index (χ3n) is 4.69. The standard InChI is InChI=1S/C17H26N2S/c1-18-9-6-14-7-10-19(11-8-14)13-16-12-15-4-2-3-5-17(15)20-16/h2-5,14,16,18H,6-13H2,1H3. The Hall–Kier alpha value is -0.510. The van der Waals surface area contributed by atoms with E-state index in [4.69, 9.17) is 0 Å². The minimum atomic E-state index is 0.779. The second-order valence-corrected chi connectivity index (χ2v) is 7.53. The molecule has 1 fully saturated rings. The molecule has 1 unspecified atom stereocenters.